The molecule has 0 saturated carbocycles. The first-order valence-corrected chi connectivity index (χ1v) is 5.94. The summed E-state index contributed by atoms with van der Waals surface area (Å²) in [7, 11) is 2.19. The van der Waals surface area contributed by atoms with Crippen molar-refractivity contribution >= 4 is 0 Å². The summed E-state index contributed by atoms with van der Waals surface area (Å²) in [5.41, 5.74) is 5.64. The molecule has 0 aromatic carbocycles. The second kappa shape index (κ2) is 5.48. The molecular weight excluding hydrogens is 202 g/mol. The Morgan fingerprint density at radius 2 is 2.38 bits per heavy atom. The maximum absolute atomic E-state index is 5.64. The number of likely N-dealkylation sites (N-methyl/N-ethyl adjacent to an activating group) is 1. The number of rotatable bonds is 4. The first-order valence-electron chi connectivity index (χ1n) is 5.94. The third-order valence-corrected chi connectivity index (χ3v) is 3.32. The summed E-state index contributed by atoms with van der Waals surface area (Å²) >= 11 is 0. The minimum atomic E-state index is 0.591. The summed E-state index contributed by atoms with van der Waals surface area (Å²) in [6.45, 7) is 5.00. The lowest BCUT2D eigenvalue weighted by Crippen LogP contribution is -2.51. The van der Waals surface area contributed by atoms with Gasteiger partial charge in [0.2, 0.25) is 0 Å². The fraction of sp³-hybridized carbons (Fsp3) is 0.667. The van der Waals surface area contributed by atoms with E-state index in [1.807, 2.05) is 12.1 Å². The van der Waals surface area contributed by atoms with Crippen LogP contribution in [-0.4, -0.2) is 49.1 Å². The number of furan rings is 1. The van der Waals surface area contributed by atoms with Gasteiger partial charge in [0, 0.05) is 25.7 Å². The van der Waals surface area contributed by atoms with E-state index in [0.29, 0.717) is 6.04 Å². The van der Waals surface area contributed by atoms with Gasteiger partial charge in [-0.05, 0) is 32.1 Å². The minimum absolute atomic E-state index is 0.591. The van der Waals surface area contributed by atoms with Crippen LogP contribution in [0.1, 0.15) is 12.2 Å². The Bertz CT molecular complexity index is 299. The van der Waals surface area contributed by atoms with Crippen molar-refractivity contribution in [3.05, 3.63) is 24.2 Å². The second-order valence-electron chi connectivity index (χ2n) is 4.53. The van der Waals surface area contributed by atoms with Crippen LogP contribution in [0.4, 0.5) is 0 Å². The average molecular weight is 223 g/mol. The zero-order chi connectivity index (χ0) is 11.4. The standard InChI is InChI=1S/C12H21N3O/c1-14-6-7-15(9-11(14)4-5-13)10-12-3-2-8-16-12/h2-3,8,11H,4-7,9-10,13H2,1H3. The molecule has 90 valence electrons. The van der Waals surface area contributed by atoms with Crippen LogP contribution >= 0.6 is 0 Å². The summed E-state index contributed by atoms with van der Waals surface area (Å²) in [5.74, 6) is 1.05. The highest BCUT2D eigenvalue weighted by molar-refractivity contribution is 4.98. The van der Waals surface area contributed by atoms with Crippen molar-refractivity contribution in [1.82, 2.24) is 9.80 Å². The lowest BCUT2D eigenvalue weighted by Gasteiger charge is -2.39. The zero-order valence-corrected chi connectivity index (χ0v) is 9.93. The summed E-state index contributed by atoms with van der Waals surface area (Å²) in [6, 6.07) is 4.58. The van der Waals surface area contributed by atoms with Gasteiger partial charge in [0.15, 0.2) is 0 Å². The van der Waals surface area contributed by atoms with E-state index in [2.05, 4.69) is 16.8 Å². The third kappa shape index (κ3) is 2.84. The van der Waals surface area contributed by atoms with Gasteiger partial charge in [-0.1, -0.05) is 0 Å². The minimum Gasteiger partial charge on any atom is -0.468 e. The van der Waals surface area contributed by atoms with E-state index >= 15 is 0 Å². The van der Waals surface area contributed by atoms with E-state index in [9.17, 15) is 0 Å². The van der Waals surface area contributed by atoms with E-state index in [1.54, 1.807) is 6.26 Å². The van der Waals surface area contributed by atoms with Crippen molar-refractivity contribution in [3.63, 3.8) is 0 Å². The van der Waals surface area contributed by atoms with Crippen molar-refractivity contribution in [2.24, 2.45) is 5.73 Å². The monoisotopic (exact) mass is 223 g/mol. The molecule has 1 atom stereocenters. The molecule has 2 heterocycles. The summed E-state index contributed by atoms with van der Waals surface area (Å²) in [4.78, 5) is 4.85. The number of piperazine rings is 1. The molecule has 4 heteroatoms. The summed E-state index contributed by atoms with van der Waals surface area (Å²) < 4.78 is 5.38. The lowest BCUT2D eigenvalue weighted by molar-refractivity contribution is 0.0823. The molecule has 1 fully saturated rings. The number of hydrogen-bond donors (Lipinski definition) is 1. The first-order chi connectivity index (χ1) is 7.79. The largest absolute Gasteiger partial charge is 0.468 e. The molecule has 1 aliphatic heterocycles. The smallest absolute Gasteiger partial charge is 0.117 e. The molecule has 2 rings (SSSR count). The van der Waals surface area contributed by atoms with Crippen LogP contribution in [0.3, 0.4) is 0 Å². The van der Waals surface area contributed by atoms with Gasteiger partial charge >= 0.3 is 0 Å². The molecule has 0 aliphatic carbocycles. The van der Waals surface area contributed by atoms with Crippen LogP contribution in [0.5, 0.6) is 0 Å². The molecule has 1 aromatic rings. The van der Waals surface area contributed by atoms with E-state index in [1.165, 1.54) is 0 Å². The number of nitrogens with two attached hydrogens (primary N) is 1. The topological polar surface area (TPSA) is 45.6 Å². The highest BCUT2D eigenvalue weighted by Crippen LogP contribution is 2.13. The molecule has 0 bridgehead atoms. The Morgan fingerprint density at radius 1 is 1.50 bits per heavy atom. The highest BCUT2D eigenvalue weighted by atomic mass is 16.3. The Labute approximate surface area is 97.0 Å². The maximum Gasteiger partial charge on any atom is 0.117 e. The fourth-order valence-corrected chi connectivity index (χ4v) is 2.28. The van der Waals surface area contributed by atoms with E-state index in [-0.39, 0.29) is 0 Å². The van der Waals surface area contributed by atoms with Crippen LogP contribution in [-0.2, 0) is 6.54 Å². The maximum atomic E-state index is 5.64. The van der Waals surface area contributed by atoms with Crippen LogP contribution in [0.2, 0.25) is 0 Å². The van der Waals surface area contributed by atoms with Gasteiger partial charge in [0.05, 0.1) is 12.8 Å². The predicted molar refractivity (Wildman–Crippen MR) is 64.1 cm³/mol. The third-order valence-electron chi connectivity index (χ3n) is 3.32. The molecule has 16 heavy (non-hydrogen) atoms. The lowest BCUT2D eigenvalue weighted by atomic mass is 10.1. The molecule has 1 aliphatic rings. The van der Waals surface area contributed by atoms with Crippen molar-refractivity contribution in [3.8, 4) is 0 Å². The molecule has 0 spiro atoms. The quantitative estimate of drug-likeness (QED) is 0.818. The van der Waals surface area contributed by atoms with Crippen molar-refractivity contribution in [1.29, 1.82) is 0 Å². The van der Waals surface area contributed by atoms with Crippen LogP contribution in [0.15, 0.2) is 22.8 Å². The van der Waals surface area contributed by atoms with Crippen molar-refractivity contribution < 1.29 is 4.42 Å². The van der Waals surface area contributed by atoms with Crippen LogP contribution in [0.25, 0.3) is 0 Å². The van der Waals surface area contributed by atoms with Gasteiger partial charge in [-0.15, -0.1) is 0 Å². The Balaban J connectivity index is 1.87. The Morgan fingerprint density at radius 3 is 3.06 bits per heavy atom. The molecular formula is C12H21N3O. The highest BCUT2D eigenvalue weighted by Gasteiger charge is 2.23. The normalized spacial score (nSPS) is 23.8. The average Bonchev–Trinajstić information content (AvgIpc) is 2.76. The van der Waals surface area contributed by atoms with Crippen molar-refractivity contribution in [2.75, 3.05) is 33.2 Å². The van der Waals surface area contributed by atoms with Gasteiger partial charge in [-0.3, -0.25) is 4.90 Å². The number of hydrogen-bond acceptors (Lipinski definition) is 4. The summed E-state index contributed by atoms with van der Waals surface area (Å²) in [5, 5.41) is 0. The SMILES string of the molecule is CN1CCN(Cc2ccco2)CC1CCN. The van der Waals surface area contributed by atoms with Gasteiger partial charge in [-0.2, -0.15) is 0 Å². The van der Waals surface area contributed by atoms with Crippen LogP contribution < -0.4 is 5.73 Å². The van der Waals surface area contributed by atoms with E-state index in [0.717, 1.165) is 44.9 Å². The number of nitrogens with zero attached hydrogens (tertiary/aromatic N) is 2. The van der Waals surface area contributed by atoms with E-state index in [4.69, 9.17) is 10.2 Å². The second-order valence-corrected chi connectivity index (χ2v) is 4.53. The van der Waals surface area contributed by atoms with Crippen molar-refractivity contribution in [2.45, 2.75) is 19.0 Å². The van der Waals surface area contributed by atoms with E-state index < -0.39 is 0 Å². The molecule has 1 unspecified atom stereocenters. The molecule has 0 radical (unpaired) electrons. The Kier molecular flexibility index (Phi) is 3.98. The molecule has 0 amide bonds. The predicted octanol–water partition coefficient (Wildman–Crippen LogP) is 0.744. The first kappa shape index (κ1) is 11.6. The van der Waals surface area contributed by atoms with Gasteiger partial charge in [0.25, 0.3) is 0 Å². The molecule has 2 N–H and O–H groups in total. The van der Waals surface area contributed by atoms with Gasteiger partial charge < -0.3 is 15.1 Å². The molecule has 1 aromatic heterocycles. The fourth-order valence-electron chi connectivity index (χ4n) is 2.28. The Hall–Kier alpha value is -0.840. The summed E-state index contributed by atoms with van der Waals surface area (Å²) in [6.07, 6.45) is 2.81. The van der Waals surface area contributed by atoms with Gasteiger partial charge in [0.1, 0.15) is 5.76 Å². The van der Waals surface area contributed by atoms with Gasteiger partial charge in [-0.25, -0.2) is 0 Å². The zero-order valence-electron chi connectivity index (χ0n) is 9.93. The molecule has 1 saturated heterocycles. The molecule has 4 nitrogen and oxygen atoms in total. The van der Waals surface area contributed by atoms with Crippen LogP contribution in [0, 0.1) is 0 Å².